The van der Waals surface area contributed by atoms with E-state index >= 15 is 0 Å². The second-order valence-electron chi connectivity index (χ2n) is 4.50. The van der Waals surface area contributed by atoms with Crippen molar-refractivity contribution in [1.29, 1.82) is 0 Å². The fraction of sp³-hybridized carbons (Fsp3) is 0.0625. The Balaban J connectivity index is 1.99. The molecule has 0 aliphatic rings. The van der Waals surface area contributed by atoms with Crippen LogP contribution in [-0.4, -0.2) is 5.91 Å². The maximum atomic E-state index is 12.2. The van der Waals surface area contributed by atoms with Gasteiger partial charge in [0.1, 0.15) is 0 Å². The Bertz CT molecular complexity index is 794. The van der Waals surface area contributed by atoms with Crippen molar-refractivity contribution in [3.63, 3.8) is 0 Å². The first-order valence-electron chi connectivity index (χ1n) is 6.20. The SMILES string of the molecule is Cc1ccc(C(=O)Nc2ccc(Br)c3ccccc23)s1. The first kappa shape index (κ1) is 13.3. The van der Waals surface area contributed by atoms with Crippen LogP contribution in [0, 0.1) is 6.92 Å². The lowest BCUT2D eigenvalue weighted by Gasteiger charge is -2.09. The number of aryl methyl sites for hydroxylation is 1. The number of benzene rings is 2. The van der Waals surface area contributed by atoms with E-state index in [-0.39, 0.29) is 5.91 Å². The largest absolute Gasteiger partial charge is 0.321 e. The lowest BCUT2D eigenvalue weighted by molar-refractivity contribution is 0.103. The molecular formula is C16H12BrNOS. The second-order valence-corrected chi connectivity index (χ2v) is 6.65. The molecule has 1 N–H and O–H groups in total. The zero-order chi connectivity index (χ0) is 14.1. The number of hydrogen-bond acceptors (Lipinski definition) is 2. The number of anilines is 1. The highest BCUT2D eigenvalue weighted by molar-refractivity contribution is 9.10. The van der Waals surface area contributed by atoms with Crippen LogP contribution in [-0.2, 0) is 0 Å². The standard InChI is InChI=1S/C16H12BrNOS/c1-10-6-9-15(20-10)16(19)18-14-8-7-13(17)11-4-2-3-5-12(11)14/h2-9H,1H3,(H,18,19). The third kappa shape index (κ3) is 2.49. The molecule has 0 atom stereocenters. The summed E-state index contributed by atoms with van der Waals surface area (Å²) >= 11 is 5.04. The van der Waals surface area contributed by atoms with E-state index in [2.05, 4.69) is 21.2 Å². The van der Waals surface area contributed by atoms with E-state index in [1.165, 1.54) is 11.3 Å². The van der Waals surface area contributed by atoms with Crippen LogP contribution in [0.3, 0.4) is 0 Å². The third-order valence-electron chi connectivity index (χ3n) is 3.08. The molecule has 1 heterocycles. The summed E-state index contributed by atoms with van der Waals surface area (Å²) < 4.78 is 1.03. The first-order chi connectivity index (χ1) is 9.65. The summed E-state index contributed by atoms with van der Waals surface area (Å²) in [6.07, 6.45) is 0. The van der Waals surface area contributed by atoms with E-state index in [0.717, 1.165) is 30.7 Å². The van der Waals surface area contributed by atoms with Gasteiger partial charge in [-0.15, -0.1) is 11.3 Å². The fourth-order valence-electron chi connectivity index (χ4n) is 2.11. The van der Waals surface area contributed by atoms with Gasteiger partial charge in [0.15, 0.2) is 0 Å². The molecule has 0 fully saturated rings. The van der Waals surface area contributed by atoms with Gasteiger partial charge in [-0.1, -0.05) is 40.2 Å². The van der Waals surface area contributed by atoms with Crippen molar-refractivity contribution in [2.45, 2.75) is 6.92 Å². The van der Waals surface area contributed by atoms with Crippen LogP contribution in [0.25, 0.3) is 10.8 Å². The van der Waals surface area contributed by atoms with Crippen LogP contribution in [0.15, 0.2) is 53.0 Å². The van der Waals surface area contributed by atoms with E-state index in [1.54, 1.807) is 0 Å². The zero-order valence-corrected chi connectivity index (χ0v) is 13.2. The van der Waals surface area contributed by atoms with Crippen molar-refractivity contribution in [2.75, 3.05) is 5.32 Å². The van der Waals surface area contributed by atoms with Crippen molar-refractivity contribution >= 4 is 49.6 Å². The minimum absolute atomic E-state index is 0.0597. The summed E-state index contributed by atoms with van der Waals surface area (Å²) in [4.78, 5) is 14.1. The predicted molar refractivity (Wildman–Crippen MR) is 88.7 cm³/mol. The molecule has 0 spiro atoms. The van der Waals surface area contributed by atoms with E-state index in [9.17, 15) is 4.79 Å². The van der Waals surface area contributed by atoms with Gasteiger partial charge in [-0.2, -0.15) is 0 Å². The van der Waals surface area contributed by atoms with Gasteiger partial charge in [-0.05, 0) is 36.6 Å². The Morgan fingerprint density at radius 3 is 2.50 bits per heavy atom. The molecule has 4 heteroatoms. The number of hydrogen-bond donors (Lipinski definition) is 1. The second kappa shape index (κ2) is 5.38. The average molecular weight is 346 g/mol. The van der Waals surface area contributed by atoms with E-state index in [0.29, 0.717) is 0 Å². The molecule has 2 nitrogen and oxygen atoms in total. The molecule has 3 aromatic rings. The van der Waals surface area contributed by atoms with Crippen molar-refractivity contribution in [3.8, 4) is 0 Å². The molecule has 1 aromatic heterocycles. The van der Waals surface area contributed by atoms with Crippen LogP contribution >= 0.6 is 27.3 Å². The maximum Gasteiger partial charge on any atom is 0.265 e. The summed E-state index contributed by atoms with van der Waals surface area (Å²) in [5.41, 5.74) is 0.833. The smallest absolute Gasteiger partial charge is 0.265 e. The molecular weight excluding hydrogens is 334 g/mol. The summed E-state index contributed by atoms with van der Waals surface area (Å²) in [5.74, 6) is -0.0597. The highest BCUT2D eigenvalue weighted by Gasteiger charge is 2.11. The van der Waals surface area contributed by atoms with Crippen molar-refractivity contribution in [2.24, 2.45) is 0 Å². The highest BCUT2D eigenvalue weighted by atomic mass is 79.9. The Kier molecular flexibility index (Phi) is 3.59. The highest BCUT2D eigenvalue weighted by Crippen LogP contribution is 2.30. The minimum Gasteiger partial charge on any atom is -0.321 e. The minimum atomic E-state index is -0.0597. The Morgan fingerprint density at radius 2 is 1.80 bits per heavy atom. The monoisotopic (exact) mass is 345 g/mol. The maximum absolute atomic E-state index is 12.2. The average Bonchev–Trinajstić information content (AvgIpc) is 2.89. The van der Waals surface area contributed by atoms with Gasteiger partial charge in [0.05, 0.1) is 4.88 Å². The van der Waals surface area contributed by atoms with Gasteiger partial charge in [0, 0.05) is 20.4 Å². The van der Waals surface area contributed by atoms with Crippen LogP contribution in [0.5, 0.6) is 0 Å². The molecule has 0 aliphatic heterocycles. The summed E-state index contributed by atoms with van der Waals surface area (Å²) in [6.45, 7) is 2.00. The third-order valence-corrected chi connectivity index (χ3v) is 4.77. The predicted octanol–water partition coefficient (Wildman–Crippen LogP) is 5.22. The molecule has 0 saturated heterocycles. The number of carbonyl (C=O) groups excluding carboxylic acids is 1. The van der Waals surface area contributed by atoms with Crippen LogP contribution in [0.1, 0.15) is 14.5 Å². The number of rotatable bonds is 2. The molecule has 100 valence electrons. The number of thiophene rings is 1. The van der Waals surface area contributed by atoms with Gasteiger partial charge in [-0.25, -0.2) is 0 Å². The zero-order valence-electron chi connectivity index (χ0n) is 10.8. The summed E-state index contributed by atoms with van der Waals surface area (Å²) in [5, 5.41) is 5.11. The number of nitrogens with one attached hydrogen (secondary N) is 1. The van der Waals surface area contributed by atoms with Crippen molar-refractivity contribution < 1.29 is 4.79 Å². The molecule has 20 heavy (non-hydrogen) atoms. The molecule has 0 bridgehead atoms. The van der Waals surface area contributed by atoms with Crippen LogP contribution in [0.2, 0.25) is 0 Å². The Labute approximate surface area is 129 Å². The van der Waals surface area contributed by atoms with Gasteiger partial charge in [0.25, 0.3) is 5.91 Å². The molecule has 0 unspecified atom stereocenters. The number of fused-ring (bicyclic) bond motifs is 1. The van der Waals surface area contributed by atoms with E-state index in [4.69, 9.17) is 0 Å². The molecule has 1 amide bonds. The van der Waals surface area contributed by atoms with Gasteiger partial charge in [0.2, 0.25) is 0 Å². The van der Waals surface area contributed by atoms with Crippen molar-refractivity contribution in [1.82, 2.24) is 0 Å². The lowest BCUT2D eigenvalue weighted by Crippen LogP contribution is -2.10. The van der Waals surface area contributed by atoms with E-state index < -0.39 is 0 Å². The van der Waals surface area contributed by atoms with Crippen molar-refractivity contribution in [3.05, 3.63) is 62.8 Å². The number of carbonyl (C=O) groups is 1. The van der Waals surface area contributed by atoms with Gasteiger partial charge < -0.3 is 5.32 Å². The molecule has 0 aliphatic carbocycles. The summed E-state index contributed by atoms with van der Waals surface area (Å²) in [6, 6.07) is 15.7. The Hall–Kier alpha value is -1.65. The van der Waals surface area contributed by atoms with Gasteiger partial charge in [-0.3, -0.25) is 4.79 Å². The fourth-order valence-corrected chi connectivity index (χ4v) is 3.35. The molecule has 3 rings (SSSR count). The van der Waals surface area contributed by atoms with Gasteiger partial charge >= 0.3 is 0 Å². The normalized spacial score (nSPS) is 10.7. The quantitative estimate of drug-likeness (QED) is 0.677. The van der Waals surface area contributed by atoms with E-state index in [1.807, 2.05) is 55.5 Å². The first-order valence-corrected chi connectivity index (χ1v) is 7.81. The van der Waals surface area contributed by atoms with Crippen LogP contribution in [0.4, 0.5) is 5.69 Å². The molecule has 0 saturated carbocycles. The molecule has 0 radical (unpaired) electrons. The Morgan fingerprint density at radius 1 is 1.05 bits per heavy atom. The lowest BCUT2D eigenvalue weighted by atomic mass is 10.1. The van der Waals surface area contributed by atoms with Crippen LogP contribution < -0.4 is 5.32 Å². The topological polar surface area (TPSA) is 29.1 Å². The number of amides is 1. The molecule has 2 aromatic carbocycles. The summed E-state index contributed by atoms with van der Waals surface area (Å²) in [7, 11) is 0. The number of halogens is 1.